The van der Waals surface area contributed by atoms with Gasteiger partial charge in [-0.3, -0.25) is 9.59 Å². The number of hydrogen-bond donors (Lipinski definition) is 2. The summed E-state index contributed by atoms with van der Waals surface area (Å²) in [5, 5.41) is 6.67. The highest BCUT2D eigenvalue weighted by Crippen LogP contribution is 2.22. The number of halogens is 2. The fourth-order valence-electron chi connectivity index (χ4n) is 3.32. The van der Waals surface area contributed by atoms with Gasteiger partial charge in [0.25, 0.3) is 5.91 Å². The van der Waals surface area contributed by atoms with Crippen molar-refractivity contribution in [3.8, 4) is 0 Å². The first-order chi connectivity index (χ1) is 13.1. The predicted molar refractivity (Wildman–Crippen MR) is 114 cm³/mol. The molecule has 3 rings (SSSR count). The predicted octanol–water partition coefficient (Wildman–Crippen LogP) is 3.44. The molecule has 1 saturated heterocycles. The average Bonchev–Trinajstić information content (AvgIpc) is 2.68. The monoisotopic (exact) mass is 421 g/mol. The molecule has 150 valence electrons. The summed E-state index contributed by atoms with van der Waals surface area (Å²) in [5.41, 5.74) is 1.30. The van der Waals surface area contributed by atoms with E-state index in [0.717, 1.165) is 18.7 Å². The second-order valence-electron chi connectivity index (χ2n) is 6.76. The van der Waals surface area contributed by atoms with Crippen molar-refractivity contribution in [3.63, 3.8) is 0 Å². The van der Waals surface area contributed by atoms with Crippen LogP contribution in [0.25, 0.3) is 0 Å². The molecule has 2 atom stereocenters. The van der Waals surface area contributed by atoms with E-state index in [4.69, 9.17) is 11.6 Å². The molecule has 0 spiro atoms. The maximum Gasteiger partial charge on any atom is 0.253 e. The molecule has 0 aliphatic carbocycles. The Balaban J connectivity index is 0.00000280. The number of amides is 2. The minimum Gasteiger partial charge on any atom is -0.345 e. The van der Waals surface area contributed by atoms with Crippen LogP contribution >= 0.6 is 24.0 Å². The fraction of sp³-hybridized carbons (Fsp3) is 0.333. The molecule has 1 fully saturated rings. The quantitative estimate of drug-likeness (QED) is 0.776. The zero-order valence-electron chi connectivity index (χ0n) is 15.7. The zero-order chi connectivity index (χ0) is 19.2. The van der Waals surface area contributed by atoms with Gasteiger partial charge in [0.15, 0.2) is 0 Å². The fourth-order valence-corrected chi connectivity index (χ4v) is 3.54. The van der Waals surface area contributed by atoms with Gasteiger partial charge in [-0.25, -0.2) is 0 Å². The minimum absolute atomic E-state index is 0. The van der Waals surface area contributed by atoms with Crippen molar-refractivity contribution in [1.82, 2.24) is 15.5 Å². The van der Waals surface area contributed by atoms with Gasteiger partial charge in [-0.05, 0) is 24.6 Å². The van der Waals surface area contributed by atoms with E-state index in [-0.39, 0.29) is 36.7 Å². The summed E-state index contributed by atoms with van der Waals surface area (Å²) < 4.78 is 0. The smallest absolute Gasteiger partial charge is 0.253 e. The van der Waals surface area contributed by atoms with E-state index in [1.54, 1.807) is 24.3 Å². The number of piperazine rings is 1. The van der Waals surface area contributed by atoms with E-state index in [0.29, 0.717) is 17.1 Å². The van der Waals surface area contributed by atoms with Crippen molar-refractivity contribution in [2.75, 3.05) is 19.6 Å². The number of carbonyl (C=O) groups excluding carboxylic acids is 2. The lowest BCUT2D eigenvalue weighted by molar-refractivity contribution is -0.134. The van der Waals surface area contributed by atoms with Gasteiger partial charge >= 0.3 is 0 Å². The normalized spacial score (nSPS) is 17.4. The first-order valence-corrected chi connectivity index (χ1v) is 9.54. The van der Waals surface area contributed by atoms with Crippen LogP contribution in [0, 0.1) is 0 Å². The van der Waals surface area contributed by atoms with Gasteiger partial charge in [0, 0.05) is 25.7 Å². The van der Waals surface area contributed by atoms with Crippen LogP contribution in [0.3, 0.4) is 0 Å². The molecule has 0 saturated carbocycles. The van der Waals surface area contributed by atoms with E-state index in [9.17, 15) is 9.59 Å². The van der Waals surface area contributed by atoms with E-state index in [2.05, 4.69) is 10.6 Å². The highest BCUT2D eigenvalue weighted by atomic mass is 35.5. The summed E-state index contributed by atoms with van der Waals surface area (Å²) in [6, 6.07) is 16.2. The molecule has 2 N–H and O–H groups in total. The molecular weight excluding hydrogens is 397 g/mol. The molecule has 0 radical (unpaired) electrons. The lowest BCUT2D eigenvalue weighted by Gasteiger charge is -2.35. The number of hydrogen-bond acceptors (Lipinski definition) is 3. The van der Waals surface area contributed by atoms with Crippen molar-refractivity contribution >= 4 is 35.8 Å². The molecule has 0 aromatic heterocycles. The van der Waals surface area contributed by atoms with Crippen molar-refractivity contribution in [2.24, 2.45) is 0 Å². The van der Waals surface area contributed by atoms with E-state index in [1.165, 1.54) is 0 Å². The molecule has 1 aliphatic heterocycles. The maximum absolute atomic E-state index is 12.9. The van der Waals surface area contributed by atoms with E-state index >= 15 is 0 Å². The third kappa shape index (κ3) is 5.47. The van der Waals surface area contributed by atoms with Crippen LogP contribution in [0.5, 0.6) is 0 Å². The molecule has 1 aliphatic rings. The molecule has 2 aromatic rings. The third-order valence-electron chi connectivity index (χ3n) is 4.83. The molecule has 7 heteroatoms. The minimum atomic E-state index is -0.412. The van der Waals surface area contributed by atoms with Crippen LogP contribution < -0.4 is 10.6 Å². The summed E-state index contributed by atoms with van der Waals surface area (Å²) in [5.74, 6) is -0.243. The molecular formula is C21H25Cl2N3O2. The number of nitrogens with zero attached hydrogens (tertiary/aromatic N) is 1. The van der Waals surface area contributed by atoms with Crippen LogP contribution in [-0.2, 0) is 4.79 Å². The molecule has 5 nitrogen and oxygen atoms in total. The Morgan fingerprint density at radius 1 is 1.18 bits per heavy atom. The first-order valence-electron chi connectivity index (χ1n) is 9.17. The molecule has 28 heavy (non-hydrogen) atoms. The van der Waals surface area contributed by atoms with Gasteiger partial charge in [0.1, 0.15) is 0 Å². The average molecular weight is 422 g/mol. The van der Waals surface area contributed by atoms with Crippen LogP contribution in [0.1, 0.15) is 35.3 Å². The number of nitrogens with one attached hydrogen (secondary N) is 2. The topological polar surface area (TPSA) is 61.4 Å². The lowest BCUT2D eigenvalue weighted by atomic mass is 10.0. The van der Waals surface area contributed by atoms with Gasteiger partial charge in [-0.15, -0.1) is 12.4 Å². The van der Waals surface area contributed by atoms with E-state index in [1.807, 2.05) is 42.2 Å². The molecule has 0 bridgehead atoms. The van der Waals surface area contributed by atoms with E-state index < -0.39 is 6.04 Å². The SMILES string of the molecule is C[C@H]1CNCCN1C(=O)CC(NC(=O)c1ccccc1Cl)c1ccccc1.Cl. The van der Waals surface area contributed by atoms with Crippen LogP contribution in [-0.4, -0.2) is 42.4 Å². The molecule has 1 heterocycles. The Hall–Kier alpha value is -2.08. The highest BCUT2D eigenvalue weighted by Gasteiger charge is 2.27. The maximum atomic E-state index is 12.9. The zero-order valence-corrected chi connectivity index (χ0v) is 17.3. The Morgan fingerprint density at radius 2 is 1.86 bits per heavy atom. The summed E-state index contributed by atoms with van der Waals surface area (Å²) in [6.07, 6.45) is 0.213. The Morgan fingerprint density at radius 3 is 2.54 bits per heavy atom. The van der Waals surface area contributed by atoms with Crippen molar-refractivity contribution in [2.45, 2.75) is 25.4 Å². The number of benzene rings is 2. The van der Waals surface area contributed by atoms with Crippen molar-refractivity contribution in [3.05, 3.63) is 70.7 Å². The second kappa shape index (κ2) is 10.5. The third-order valence-corrected chi connectivity index (χ3v) is 5.16. The van der Waals surface area contributed by atoms with Gasteiger partial charge in [-0.1, -0.05) is 54.1 Å². The summed E-state index contributed by atoms with van der Waals surface area (Å²) in [4.78, 5) is 27.5. The Bertz CT molecular complexity index is 801. The first kappa shape index (κ1) is 22.2. The molecule has 2 aromatic carbocycles. The van der Waals surface area contributed by atoms with Gasteiger partial charge in [-0.2, -0.15) is 0 Å². The number of rotatable bonds is 5. The van der Waals surface area contributed by atoms with Crippen molar-refractivity contribution < 1.29 is 9.59 Å². The summed E-state index contributed by atoms with van der Waals surface area (Å²) in [7, 11) is 0. The largest absolute Gasteiger partial charge is 0.345 e. The van der Waals surface area contributed by atoms with Crippen LogP contribution in [0.2, 0.25) is 5.02 Å². The number of carbonyl (C=O) groups is 2. The van der Waals surface area contributed by atoms with Crippen LogP contribution in [0.4, 0.5) is 0 Å². The molecule has 2 amide bonds. The molecule has 1 unspecified atom stereocenters. The lowest BCUT2D eigenvalue weighted by Crippen LogP contribution is -2.52. The van der Waals surface area contributed by atoms with Gasteiger partial charge in [0.05, 0.1) is 23.0 Å². The van der Waals surface area contributed by atoms with Gasteiger partial charge < -0.3 is 15.5 Å². The summed E-state index contributed by atoms with van der Waals surface area (Å²) in [6.45, 7) is 4.29. The summed E-state index contributed by atoms with van der Waals surface area (Å²) >= 11 is 6.15. The highest BCUT2D eigenvalue weighted by molar-refractivity contribution is 6.33. The van der Waals surface area contributed by atoms with Gasteiger partial charge in [0.2, 0.25) is 5.91 Å². The Labute approximate surface area is 176 Å². The van der Waals surface area contributed by atoms with Crippen molar-refractivity contribution in [1.29, 1.82) is 0 Å². The second-order valence-corrected chi connectivity index (χ2v) is 7.17. The standard InChI is InChI=1S/C21H24ClN3O2.ClH/c1-15-14-23-11-12-25(15)20(26)13-19(16-7-3-2-4-8-16)24-21(27)17-9-5-6-10-18(17)22;/h2-10,15,19,23H,11-14H2,1H3,(H,24,27);1H/t15-,19?;/m0./s1. The Kier molecular flexibility index (Phi) is 8.30. The van der Waals surface area contributed by atoms with Crippen LogP contribution in [0.15, 0.2) is 54.6 Å².